The number of benzene rings is 1. The van der Waals surface area contributed by atoms with Crippen molar-refractivity contribution in [2.24, 2.45) is 5.92 Å². The summed E-state index contributed by atoms with van der Waals surface area (Å²) in [7, 11) is 1.68. The maximum Gasteiger partial charge on any atom is 0.314 e. The topological polar surface area (TPSA) is 62.8 Å². The second-order valence-corrected chi connectivity index (χ2v) is 5.99. The van der Waals surface area contributed by atoms with Crippen molar-refractivity contribution in [1.29, 1.82) is 0 Å². The van der Waals surface area contributed by atoms with E-state index in [1.54, 1.807) is 7.11 Å². The highest BCUT2D eigenvalue weighted by Gasteiger charge is 2.23. The van der Waals surface area contributed by atoms with E-state index in [1.165, 1.54) is 5.69 Å². The Kier molecular flexibility index (Phi) is 7.68. The van der Waals surface area contributed by atoms with Crippen molar-refractivity contribution in [2.45, 2.75) is 19.8 Å². The van der Waals surface area contributed by atoms with Crippen molar-refractivity contribution in [3.63, 3.8) is 0 Å². The van der Waals surface area contributed by atoms with Gasteiger partial charge in [-0.25, -0.2) is 4.79 Å². The Hall–Kier alpha value is -1.95. The number of hydrogen-bond donors (Lipinski definition) is 2. The molecule has 2 amide bonds. The van der Waals surface area contributed by atoms with E-state index in [1.807, 2.05) is 19.1 Å². The molecule has 6 heteroatoms. The van der Waals surface area contributed by atoms with Gasteiger partial charge in [-0.05, 0) is 37.8 Å². The van der Waals surface area contributed by atoms with E-state index >= 15 is 0 Å². The zero-order valence-corrected chi connectivity index (χ0v) is 14.7. The van der Waals surface area contributed by atoms with Crippen LogP contribution in [0.3, 0.4) is 0 Å². The largest absolute Gasteiger partial charge is 0.497 e. The minimum absolute atomic E-state index is 0.0914. The van der Waals surface area contributed by atoms with E-state index in [0.717, 1.165) is 38.3 Å². The number of ether oxygens (including phenoxy) is 2. The first-order chi connectivity index (χ1) is 11.7. The number of rotatable bonds is 9. The molecule has 134 valence electrons. The van der Waals surface area contributed by atoms with Gasteiger partial charge in [0.1, 0.15) is 5.75 Å². The zero-order chi connectivity index (χ0) is 17.2. The first-order valence-corrected chi connectivity index (χ1v) is 8.71. The molecule has 0 aliphatic carbocycles. The van der Waals surface area contributed by atoms with Crippen molar-refractivity contribution in [3.8, 4) is 5.75 Å². The van der Waals surface area contributed by atoms with Crippen LogP contribution in [0.15, 0.2) is 24.3 Å². The third kappa shape index (κ3) is 5.92. The molecule has 24 heavy (non-hydrogen) atoms. The van der Waals surface area contributed by atoms with Crippen LogP contribution in [-0.4, -0.2) is 52.5 Å². The molecule has 0 spiro atoms. The lowest BCUT2D eigenvalue weighted by molar-refractivity contribution is 0.145. The summed E-state index contributed by atoms with van der Waals surface area (Å²) in [6, 6.07) is 8.03. The number of methoxy groups -OCH3 is 1. The quantitative estimate of drug-likeness (QED) is 0.680. The van der Waals surface area contributed by atoms with E-state index < -0.39 is 0 Å². The van der Waals surface area contributed by atoms with Crippen LogP contribution in [0.25, 0.3) is 0 Å². The summed E-state index contributed by atoms with van der Waals surface area (Å²) in [4.78, 5) is 14.1. The fourth-order valence-corrected chi connectivity index (χ4v) is 2.86. The molecule has 0 bridgehead atoms. The average molecular weight is 335 g/mol. The van der Waals surface area contributed by atoms with Gasteiger partial charge in [0.15, 0.2) is 0 Å². The molecule has 1 fully saturated rings. The number of nitrogens with zero attached hydrogens (tertiary/aromatic N) is 1. The molecule has 0 aromatic heterocycles. The lowest BCUT2D eigenvalue weighted by atomic mass is 10.1. The molecule has 1 heterocycles. The molecule has 0 saturated carbocycles. The van der Waals surface area contributed by atoms with Crippen LogP contribution in [0.4, 0.5) is 10.5 Å². The summed E-state index contributed by atoms with van der Waals surface area (Å²) < 4.78 is 10.5. The highest BCUT2D eigenvalue weighted by atomic mass is 16.5. The van der Waals surface area contributed by atoms with Crippen LogP contribution in [-0.2, 0) is 4.74 Å². The Morgan fingerprint density at radius 2 is 2.25 bits per heavy atom. The molecule has 1 aliphatic rings. The van der Waals surface area contributed by atoms with Gasteiger partial charge in [-0.2, -0.15) is 0 Å². The molecular weight excluding hydrogens is 306 g/mol. The predicted molar refractivity (Wildman–Crippen MR) is 95.8 cm³/mol. The average Bonchev–Trinajstić information content (AvgIpc) is 3.09. The van der Waals surface area contributed by atoms with Gasteiger partial charge in [0.2, 0.25) is 0 Å². The van der Waals surface area contributed by atoms with Crippen LogP contribution >= 0.6 is 0 Å². The molecule has 1 aromatic rings. The van der Waals surface area contributed by atoms with E-state index in [2.05, 4.69) is 27.7 Å². The fraction of sp³-hybridized carbons (Fsp3) is 0.611. The molecular formula is C18H29N3O3. The molecule has 1 saturated heterocycles. The lowest BCUT2D eigenvalue weighted by Crippen LogP contribution is -2.39. The Morgan fingerprint density at radius 3 is 3.04 bits per heavy atom. The van der Waals surface area contributed by atoms with Gasteiger partial charge in [-0.15, -0.1) is 0 Å². The van der Waals surface area contributed by atoms with Crippen LogP contribution in [0.5, 0.6) is 5.75 Å². The Morgan fingerprint density at radius 1 is 1.38 bits per heavy atom. The summed E-state index contributed by atoms with van der Waals surface area (Å²) >= 11 is 0. The second-order valence-electron chi connectivity index (χ2n) is 5.99. The van der Waals surface area contributed by atoms with Crippen molar-refractivity contribution < 1.29 is 14.3 Å². The molecule has 6 nitrogen and oxygen atoms in total. The van der Waals surface area contributed by atoms with Crippen molar-refractivity contribution in [3.05, 3.63) is 24.3 Å². The van der Waals surface area contributed by atoms with Crippen LogP contribution in [0.2, 0.25) is 0 Å². The van der Waals surface area contributed by atoms with Gasteiger partial charge in [-0.3, -0.25) is 0 Å². The summed E-state index contributed by atoms with van der Waals surface area (Å²) in [6.07, 6.45) is 1.93. The summed E-state index contributed by atoms with van der Waals surface area (Å²) in [5.41, 5.74) is 1.18. The number of carbonyl (C=O) groups excluding carboxylic acids is 1. The minimum Gasteiger partial charge on any atom is -0.497 e. The second kappa shape index (κ2) is 10.0. The van der Waals surface area contributed by atoms with E-state index in [4.69, 9.17) is 9.47 Å². The maximum absolute atomic E-state index is 11.8. The standard InChI is InChI=1S/C18H29N3O3/c1-3-24-11-5-9-19-18(22)20-13-15-8-10-21(14-15)16-6-4-7-17(12-16)23-2/h4,6-7,12,15H,3,5,8-11,13-14H2,1-2H3,(H2,19,20,22)/t15-/m0/s1. The minimum atomic E-state index is -0.0914. The zero-order valence-electron chi connectivity index (χ0n) is 14.7. The van der Waals surface area contributed by atoms with Crippen LogP contribution in [0.1, 0.15) is 19.8 Å². The highest BCUT2D eigenvalue weighted by molar-refractivity contribution is 5.73. The highest BCUT2D eigenvalue weighted by Crippen LogP contribution is 2.26. The Bertz CT molecular complexity index is 510. The number of urea groups is 1. The molecule has 1 aliphatic heterocycles. The first-order valence-electron chi connectivity index (χ1n) is 8.71. The number of carbonyl (C=O) groups is 1. The third-order valence-electron chi connectivity index (χ3n) is 4.21. The van der Waals surface area contributed by atoms with E-state index in [0.29, 0.717) is 25.6 Å². The number of anilines is 1. The molecule has 2 N–H and O–H groups in total. The van der Waals surface area contributed by atoms with Gasteiger partial charge in [0, 0.05) is 51.1 Å². The molecule has 0 unspecified atom stereocenters. The predicted octanol–water partition coefficient (Wildman–Crippen LogP) is 2.25. The van der Waals surface area contributed by atoms with Gasteiger partial charge >= 0.3 is 6.03 Å². The Labute approximate surface area is 144 Å². The summed E-state index contributed by atoms with van der Waals surface area (Å²) in [5.74, 6) is 1.35. The lowest BCUT2D eigenvalue weighted by Gasteiger charge is -2.19. The molecule has 1 atom stereocenters. The van der Waals surface area contributed by atoms with Gasteiger partial charge in [0.25, 0.3) is 0 Å². The van der Waals surface area contributed by atoms with Crippen LogP contribution in [0, 0.1) is 5.92 Å². The molecule has 2 rings (SSSR count). The molecule has 1 aromatic carbocycles. The maximum atomic E-state index is 11.8. The SMILES string of the molecule is CCOCCCNC(=O)NC[C@@H]1CCN(c2cccc(OC)c2)C1. The number of amides is 2. The number of hydrogen-bond acceptors (Lipinski definition) is 4. The van der Waals surface area contributed by atoms with Crippen LogP contribution < -0.4 is 20.3 Å². The van der Waals surface area contributed by atoms with Crippen molar-refractivity contribution >= 4 is 11.7 Å². The van der Waals surface area contributed by atoms with Gasteiger partial charge in [-0.1, -0.05) is 6.07 Å². The smallest absolute Gasteiger partial charge is 0.314 e. The Balaban J connectivity index is 1.65. The monoisotopic (exact) mass is 335 g/mol. The summed E-state index contributed by atoms with van der Waals surface area (Å²) in [6.45, 7) is 6.70. The van der Waals surface area contributed by atoms with Gasteiger partial charge in [0.05, 0.1) is 7.11 Å². The third-order valence-corrected chi connectivity index (χ3v) is 4.21. The summed E-state index contributed by atoms with van der Waals surface area (Å²) in [5, 5.41) is 5.83. The molecule has 0 radical (unpaired) electrons. The van der Waals surface area contributed by atoms with Crippen molar-refractivity contribution in [1.82, 2.24) is 10.6 Å². The van der Waals surface area contributed by atoms with Crippen molar-refractivity contribution in [2.75, 3.05) is 51.4 Å². The fourth-order valence-electron chi connectivity index (χ4n) is 2.86. The normalized spacial score (nSPS) is 16.9. The van der Waals surface area contributed by atoms with E-state index in [9.17, 15) is 4.79 Å². The van der Waals surface area contributed by atoms with E-state index in [-0.39, 0.29) is 6.03 Å². The number of nitrogens with one attached hydrogen (secondary N) is 2. The first kappa shape index (κ1) is 18.4. The van der Waals surface area contributed by atoms with Gasteiger partial charge < -0.3 is 25.0 Å².